The number of nitrogens with one attached hydrogen (secondary N) is 1. The largest absolute Gasteiger partial charge is 0.451 e. The van der Waals surface area contributed by atoms with Crippen LogP contribution in [0.15, 0.2) is 24.3 Å². The van der Waals surface area contributed by atoms with Gasteiger partial charge >= 0.3 is 5.97 Å². The van der Waals surface area contributed by atoms with Gasteiger partial charge in [0.1, 0.15) is 12.6 Å². The Morgan fingerprint density at radius 1 is 1.30 bits per heavy atom. The number of benzene rings is 1. The number of anilines is 2. The maximum Gasteiger partial charge on any atom is 0.325 e. The van der Waals surface area contributed by atoms with Gasteiger partial charge in [0.15, 0.2) is 6.10 Å². The van der Waals surface area contributed by atoms with Crippen molar-refractivity contribution in [2.45, 2.75) is 31.9 Å². The Morgan fingerprint density at radius 2 is 2.00 bits per heavy atom. The zero-order chi connectivity index (χ0) is 19.8. The van der Waals surface area contributed by atoms with Gasteiger partial charge in [-0.25, -0.2) is 8.42 Å². The molecule has 0 bridgehead atoms. The first-order valence-electron chi connectivity index (χ1n) is 8.56. The van der Waals surface area contributed by atoms with Crippen LogP contribution in [0.3, 0.4) is 0 Å². The Labute approximate surface area is 157 Å². The van der Waals surface area contributed by atoms with Crippen LogP contribution in [0.5, 0.6) is 0 Å². The van der Waals surface area contributed by atoms with Crippen molar-refractivity contribution in [3.63, 3.8) is 0 Å². The summed E-state index contributed by atoms with van der Waals surface area (Å²) in [5, 5.41) is 2.68. The molecule has 9 nitrogen and oxygen atoms in total. The number of para-hydroxylation sites is 2. The third-order valence-corrected chi connectivity index (χ3v) is 5.87. The van der Waals surface area contributed by atoms with E-state index in [0.29, 0.717) is 24.2 Å². The molecule has 0 spiro atoms. The third-order valence-electron chi connectivity index (χ3n) is 4.58. The first-order chi connectivity index (χ1) is 12.7. The highest BCUT2D eigenvalue weighted by molar-refractivity contribution is 7.88. The Kier molecular flexibility index (Phi) is 5.20. The number of hydrogen-bond donors (Lipinski definition) is 1. The number of esters is 1. The van der Waals surface area contributed by atoms with Crippen molar-refractivity contribution in [2.75, 3.05) is 29.6 Å². The van der Waals surface area contributed by atoms with E-state index in [-0.39, 0.29) is 19.0 Å². The highest BCUT2D eigenvalue weighted by Gasteiger charge is 2.39. The summed E-state index contributed by atoms with van der Waals surface area (Å²) in [4.78, 5) is 38.3. The van der Waals surface area contributed by atoms with Gasteiger partial charge in [0.25, 0.3) is 5.91 Å². The molecule has 1 fully saturated rings. The zero-order valence-corrected chi connectivity index (χ0v) is 15.9. The number of amides is 2. The molecule has 3 rings (SSSR count). The summed E-state index contributed by atoms with van der Waals surface area (Å²) in [6.45, 7) is 1.48. The van der Waals surface area contributed by atoms with Gasteiger partial charge < -0.3 is 10.1 Å². The molecular formula is C17H21N3O6S. The number of carbonyl (C=O) groups is 3. The highest BCUT2D eigenvalue weighted by Crippen LogP contribution is 2.30. The molecule has 1 N–H and O–H groups in total. The van der Waals surface area contributed by atoms with E-state index < -0.39 is 34.0 Å². The van der Waals surface area contributed by atoms with Crippen LogP contribution in [0, 0.1) is 0 Å². The SMILES string of the molecule is C[C@@H](OC(=O)[C@@H]1CCCN1S(C)(=O)=O)C(=O)N1CC(=O)Nc2ccccc21. The number of nitrogens with zero attached hydrogens (tertiary/aromatic N) is 2. The molecule has 2 amide bonds. The highest BCUT2D eigenvalue weighted by atomic mass is 32.2. The summed E-state index contributed by atoms with van der Waals surface area (Å²) >= 11 is 0. The molecule has 1 aromatic carbocycles. The number of fused-ring (bicyclic) bond motifs is 1. The summed E-state index contributed by atoms with van der Waals surface area (Å²) in [5.74, 6) is -1.65. The molecule has 2 aliphatic rings. The molecule has 2 heterocycles. The fourth-order valence-corrected chi connectivity index (χ4v) is 4.44. The molecule has 27 heavy (non-hydrogen) atoms. The van der Waals surface area contributed by atoms with E-state index in [9.17, 15) is 22.8 Å². The lowest BCUT2D eigenvalue weighted by Gasteiger charge is -2.31. The second-order valence-electron chi connectivity index (χ2n) is 6.60. The lowest BCUT2D eigenvalue weighted by Crippen LogP contribution is -2.48. The number of rotatable bonds is 4. The summed E-state index contributed by atoms with van der Waals surface area (Å²) in [5.41, 5.74) is 1.02. The Bertz CT molecular complexity index is 884. The third kappa shape index (κ3) is 3.96. The minimum atomic E-state index is -3.54. The zero-order valence-electron chi connectivity index (χ0n) is 15.0. The molecule has 0 aliphatic carbocycles. The van der Waals surface area contributed by atoms with Gasteiger partial charge in [-0.1, -0.05) is 12.1 Å². The van der Waals surface area contributed by atoms with Crippen molar-refractivity contribution in [3.8, 4) is 0 Å². The van der Waals surface area contributed by atoms with Gasteiger partial charge in [0, 0.05) is 6.54 Å². The summed E-state index contributed by atoms with van der Waals surface area (Å²) in [6.07, 6.45) is 0.783. The van der Waals surface area contributed by atoms with Crippen LogP contribution in [0.4, 0.5) is 11.4 Å². The lowest BCUT2D eigenvalue weighted by atomic mass is 10.1. The molecule has 0 aromatic heterocycles. The summed E-state index contributed by atoms with van der Waals surface area (Å²) in [6, 6.07) is 5.90. The standard InChI is InChI=1S/C17H21N3O6S/c1-11(26-17(23)14-8-5-9-20(14)27(2,24)25)16(22)19-10-15(21)18-12-6-3-4-7-13(12)19/h3-4,6-7,11,14H,5,8-10H2,1-2H3,(H,18,21)/t11-,14+/m1/s1. The van der Waals surface area contributed by atoms with Crippen LogP contribution < -0.4 is 10.2 Å². The number of hydrogen-bond acceptors (Lipinski definition) is 6. The van der Waals surface area contributed by atoms with Crippen molar-refractivity contribution >= 4 is 39.2 Å². The topological polar surface area (TPSA) is 113 Å². The molecule has 0 saturated carbocycles. The van der Waals surface area contributed by atoms with Crippen molar-refractivity contribution in [1.29, 1.82) is 0 Å². The normalized spacial score (nSPS) is 21.3. The predicted octanol–water partition coefficient (Wildman–Crippen LogP) is 0.327. The average molecular weight is 395 g/mol. The second-order valence-corrected chi connectivity index (χ2v) is 8.54. The maximum atomic E-state index is 12.8. The predicted molar refractivity (Wildman–Crippen MR) is 97.6 cm³/mol. The van der Waals surface area contributed by atoms with Crippen LogP contribution in [-0.4, -0.2) is 62.0 Å². The minimum absolute atomic E-state index is 0.184. The molecule has 2 atom stereocenters. The van der Waals surface area contributed by atoms with Crippen LogP contribution >= 0.6 is 0 Å². The Balaban J connectivity index is 1.73. The fourth-order valence-electron chi connectivity index (χ4n) is 3.33. The van der Waals surface area contributed by atoms with E-state index in [4.69, 9.17) is 4.74 Å². The van der Waals surface area contributed by atoms with Gasteiger partial charge in [-0.2, -0.15) is 4.31 Å². The first kappa shape index (κ1) is 19.3. The van der Waals surface area contributed by atoms with Crippen molar-refractivity contribution in [3.05, 3.63) is 24.3 Å². The molecule has 10 heteroatoms. The van der Waals surface area contributed by atoms with Crippen LogP contribution in [0.2, 0.25) is 0 Å². The van der Waals surface area contributed by atoms with E-state index in [1.54, 1.807) is 24.3 Å². The van der Waals surface area contributed by atoms with E-state index in [2.05, 4.69) is 5.32 Å². The molecule has 1 aromatic rings. The van der Waals surface area contributed by atoms with Gasteiger partial charge in [-0.3, -0.25) is 19.3 Å². The van der Waals surface area contributed by atoms with Crippen molar-refractivity contribution in [1.82, 2.24) is 4.31 Å². The second kappa shape index (κ2) is 7.28. The smallest absolute Gasteiger partial charge is 0.325 e. The van der Waals surface area contributed by atoms with E-state index in [1.165, 1.54) is 11.8 Å². The number of ether oxygens (including phenoxy) is 1. The quantitative estimate of drug-likeness (QED) is 0.735. The molecular weight excluding hydrogens is 374 g/mol. The van der Waals surface area contributed by atoms with E-state index in [0.717, 1.165) is 10.6 Å². The lowest BCUT2D eigenvalue weighted by molar-refractivity contribution is -0.157. The summed E-state index contributed by atoms with van der Waals surface area (Å²) < 4.78 is 29.9. The molecule has 0 radical (unpaired) electrons. The van der Waals surface area contributed by atoms with Gasteiger partial charge in [0.2, 0.25) is 15.9 Å². The van der Waals surface area contributed by atoms with Crippen LogP contribution in [0.1, 0.15) is 19.8 Å². The van der Waals surface area contributed by atoms with E-state index in [1.807, 2.05) is 0 Å². The number of carbonyl (C=O) groups excluding carboxylic acids is 3. The van der Waals surface area contributed by atoms with Crippen molar-refractivity contribution < 1.29 is 27.5 Å². The van der Waals surface area contributed by atoms with Gasteiger partial charge in [0.05, 0.1) is 17.6 Å². The number of sulfonamides is 1. The molecule has 2 aliphatic heterocycles. The van der Waals surface area contributed by atoms with Crippen LogP contribution in [0.25, 0.3) is 0 Å². The monoisotopic (exact) mass is 395 g/mol. The molecule has 0 unspecified atom stereocenters. The average Bonchev–Trinajstić information content (AvgIpc) is 3.10. The molecule has 1 saturated heterocycles. The minimum Gasteiger partial charge on any atom is -0.451 e. The van der Waals surface area contributed by atoms with Crippen molar-refractivity contribution in [2.24, 2.45) is 0 Å². The fraction of sp³-hybridized carbons (Fsp3) is 0.471. The maximum absolute atomic E-state index is 12.8. The Morgan fingerprint density at radius 3 is 2.70 bits per heavy atom. The van der Waals surface area contributed by atoms with Gasteiger partial charge in [-0.15, -0.1) is 0 Å². The van der Waals surface area contributed by atoms with Crippen LogP contribution in [-0.2, 0) is 29.1 Å². The molecule has 146 valence electrons. The Hall–Kier alpha value is -2.46. The van der Waals surface area contributed by atoms with E-state index >= 15 is 0 Å². The summed E-state index contributed by atoms with van der Waals surface area (Å²) in [7, 11) is -3.54. The first-order valence-corrected chi connectivity index (χ1v) is 10.4. The van der Waals surface area contributed by atoms with Gasteiger partial charge in [-0.05, 0) is 31.9 Å².